The second kappa shape index (κ2) is 6.58. The van der Waals surface area contributed by atoms with E-state index in [9.17, 15) is 14.7 Å². The number of amides is 2. The van der Waals surface area contributed by atoms with Gasteiger partial charge in [0.05, 0.1) is 12.1 Å². The van der Waals surface area contributed by atoms with Crippen molar-refractivity contribution in [2.45, 2.75) is 25.8 Å². The highest BCUT2D eigenvalue weighted by Gasteiger charge is 2.29. The summed E-state index contributed by atoms with van der Waals surface area (Å²) in [5.74, 6) is -0.953. The first-order valence-electron chi connectivity index (χ1n) is 7.09. The number of piperidine rings is 1. The third-order valence-electron chi connectivity index (χ3n) is 3.77. The summed E-state index contributed by atoms with van der Waals surface area (Å²) in [5.41, 5.74) is 6.10. The van der Waals surface area contributed by atoms with Gasteiger partial charge in [0.25, 0.3) is 5.91 Å². The molecule has 0 radical (unpaired) electrons. The minimum absolute atomic E-state index is 0.0410. The fourth-order valence-electron chi connectivity index (χ4n) is 2.62. The number of primary amides is 1. The predicted octanol–water partition coefficient (Wildman–Crippen LogP) is 0.380. The van der Waals surface area contributed by atoms with Crippen molar-refractivity contribution in [3.63, 3.8) is 0 Å². The van der Waals surface area contributed by atoms with Crippen molar-refractivity contribution in [3.05, 3.63) is 29.3 Å². The fraction of sp³-hybridized carbons (Fsp3) is 0.467. The van der Waals surface area contributed by atoms with Gasteiger partial charge in [0.15, 0.2) is 0 Å². The van der Waals surface area contributed by atoms with E-state index in [2.05, 4.69) is 5.32 Å². The van der Waals surface area contributed by atoms with Crippen molar-refractivity contribution < 1.29 is 14.7 Å². The van der Waals surface area contributed by atoms with Crippen LogP contribution in [-0.4, -0.2) is 47.5 Å². The van der Waals surface area contributed by atoms with E-state index in [1.807, 2.05) is 0 Å². The summed E-state index contributed by atoms with van der Waals surface area (Å²) in [6.45, 7) is 3.13. The Kier molecular flexibility index (Phi) is 4.80. The number of para-hydroxylation sites is 1. The molecule has 21 heavy (non-hydrogen) atoms. The highest BCUT2D eigenvalue weighted by molar-refractivity contribution is 5.99. The summed E-state index contributed by atoms with van der Waals surface area (Å²) in [7, 11) is 0. The summed E-state index contributed by atoms with van der Waals surface area (Å²) in [4.78, 5) is 25.4. The maximum Gasteiger partial charge on any atom is 0.258 e. The Morgan fingerprint density at radius 2 is 2.24 bits per heavy atom. The monoisotopic (exact) mass is 291 g/mol. The van der Waals surface area contributed by atoms with Crippen LogP contribution in [0.2, 0.25) is 0 Å². The zero-order valence-corrected chi connectivity index (χ0v) is 12.1. The molecule has 1 aliphatic heterocycles. The number of phenolic OH excluding ortho intramolecular Hbond substituents is 1. The van der Waals surface area contributed by atoms with E-state index in [0.29, 0.717) is 12.1 Å². The second-order valence-electron chi connectivity index (χ2n) is 5.37. The molecule has 6 heteroatoms. The quantitative estimate of drug-likeness (QED) is 0.747. The van der Waals surface area contributed by atoms with Crippen molar-refractivity contribution >= 4 is 11.8 Å². The number of carbonyl (C=O) groups excluding carboxylic acids is 2. The fourth-order valence-corrected chi connectivity index (χ4v) is 2.62. The highest BCUT2D eigenvalue weighted by atomic mass is 16.3. The predicted molar refractivity (Wildman–Crippen MR) is 79.0 cm³/mol. The average molecular weight is 291 g/mol. The number of aryl methyl sites for hydroxylation is 1. The molecule has 0 saturated carbocycles. The van der Waals surface area contributed by atoms with E-state index in [1.165, 1.54) is 4.90 Å². The smallest absolute Gasteiger partial charge is 0.258 e. The molecular weight excluding hydrogens is 270 g/mol. The number of hydrogen-bond acceptors (Lipinski definition) is 4. The maximum atomic E-state index is 12.7. The van der Waals surface area contributed by atoms with Crippen molar-refractivity contribution in [1.29, 1.82) is 0 Å². The number of phenols is 1. The number of carbonyl (C=O) groups is 2. The molecule has 1 saturated heterocycles. The minimum atomic E-state index is -0.555. The summed E-state index contributed by atoms with van der Waals surface area (Å²) in [6, 6.07) is 4.92. The van der Waals surface area contributed by atoms with E-state index in [-0.39, 0.29) is 29.8 Å². The number of aromatic hydroxyl groups is 1. The molecule has 1 fully saturated rings. The van der Waals surface area contributed by atoms with Gasteiger partial charge in [-0.15, -0.1) is 0 Å². The van der Waals surface area contributed by atoms with Crippen LogP contribution in [0.4, 0.5) is 0 Å². The second-order valence-corrected chi connectivity index (χ2v) is 5.37. The van der Waals surface area contributed by atoms with Gasteiger partial charge in [0.2, 0.25) is 5.91 Å². The first-order valence-corrected chi connectivity index (χ1v) is 7.09. The lowest BCUT2D eigenvalue weighted by molar-refractivity contribution is -0.119. The van der Waals surface area contributed by atoms with E-state index < -0.39 is 5.91 Å². The van der Waals surface area contributed by atoms with Crippen molar-refractivity contribution in [1.82, 2.24) is 10.2 Å². The molecule has 0 bridgehead atoms. The minimum Gasteiger partial charge on any atom is -0.507 e. The van der Waals surface area contributed by atoms with Gasteiger partial charge in [0.1, 0.15) is 5.75 Å². The van der Waals surface area contributed by atoms with Gasteiger partial charge in [-0.05, 0) is 37.9 Å². The van der Waals surface area contributed by atoms with E-state index in [1.54, 1.807) is 25.1 Å². The maximum absolute atomic E-state index is 12.7. The van der Waals surface area contributed by atoms with Crippen molar-refractivity contribution in [2.24, 2.45) is 5.73 Å². The van der Waals surface area contributed by atoms with Crippen molar-refractivity contribution in [3.8, 4) is 5.75 Å². The topological polar surface area (TPSA) is 95.7 Å². The zero-order valence-electron chi connectivity index (χ0n) is 12.1. The molecule has 0 aliphatic carbocycles. The van der Waals surface area contributed by atoms with Crippen LogP contribution in [0.25, 0.3) is 0 Å². The Morgan fingerprint density at radius 3 is 2.86 bits per heavy atom. The molecule has 1 aromatic carbocycles. The summed E-state index contributed by atoms with van der Waals surface area (Å²) >= 11 is 0. The molecule has 1 aliphatic rings. The lowest BCUT2D eigenvalue weighted by Crippen LogP contribution is -2.51. The van der Waals surface area contributed by atoms with Crippen LogP contribution < -0.4 is 11.1 Å². The van der Waals surface area contributed by atoms with Crippen LogP contribution in [0.3, 0.4) is 0 Å². The van der Waals surface area contributed by atoms with Crippen LogP contribution in [0.5, 0.6) is 5.75 Å². The molecule has 114 valence electrons. The molecule has 4 N–H and O–H groups in total. The first-order chi connectivity index (χ1) is 10.0. The summed E-state index contributed by atoms with van der Waals surface area (Å²) in [6.07, 6.45) is 1.76. The highest BCUT2D eigenvalue weighted by Crippen LogP contribution is 2.24. The van der Waals surface area contributed by atoms with Gasteiger partial charge in [-0.3, -0.25) is 9.59 Å². The Hall–Kier alpha value is -2.08. The van der Waals surface area contributed by atoms with E-state index in [4.69, 9.17) is 5.73 Å². The zero-order chi connectivity index (χ0) is 15.4. The normalized spacial score (nSPS) is 18.2. The Labute approximate surface area is 123 Å². The molecule has 1 heterocycles. The molecular formula is C15H21N3O3. The third kappa shape index (κ3) is 3.52. The largest absolute Gasteiger partial charge is 0.507 e. The van der Waals surface area contributed by atoms with Gasteiger partial charge in [-0.1, -0.05) is 12.1 Å². The van der Waals surface area contributed by atoms with Gasteiger partial charge < -0.3 is 21.1 Å². The molecule has 0 spiro atoms. The SMILES string of the molecule is Cc1cccc(C(=O)N(CC(N)=O)C2CCCNC2)c1O. The Morgan fingerprint density at radius 1 is 1.48 bits per heavy atom. The van der Waals surface area contributed by atoms with Crippen molar-refractivity contribution in [2.75, 3.05) is 19.6 Å². The third-order valence-corrected chi connectivity index (χ3v) is 3.77. The summed E-state index contributed by atoms with van der Waals surface area (Å²) < 4.78 is 0. The van der Waals surface area contributed by atoms with Crippen LogP contribution >= 0.6 is 0 Å². The Bertz CT molecular complexity index is 539. The number of nitrogens with two attached hydrogens (primary N) is 1. The lowest BCUT2D eigenvalue weighted by atomic mass is 10.0. The molecule has 1 aromatic rings. The lowest BCUT2D eigenvalue weighted by Gasteiger charge is -2.34. The first kappa shape index (κ1) is 15.3. The standard InChI is InChI=1S/C15H21N3O3/c1-10-4-2-6-12(14(10)20)15(21)18(9-13(16)19)11-5-3-7-17-8-11/h2,4,6,11,17,20H,3,5,7-9H2,1H3,(H2,16,19). The Balaban J connectivity index is 2.28. The summed E-state index contributed by atoms with van der Waals surface area (Å²) in [5, 5.41) is 13.3. The molecule has 2 amide bonds. The number of benzene rings is 1. The van der Waals surface area contributed by atoms with E-state index in [0.717, 1.165) is 19.4 Å². The van der Waals surface area contributed by atoms with Crippen LogP contribution in [0, 0.1) is 6.92 Å². The molecule has 6 nitrogen and oxygen atoms in total. The van der Waals surface area contributed by atoms with Gasteiger partial charge in [-0.25, -0.2) is 0 Å². The average Bonchev–Trinajstić information content (AvgIpc) is 2.48. The van der Waals surface area contributed by atoms with E-state index >= 15 is 0 Å². The number of nitrogens with one attached hydrogen (secondary N) is 1. The van der Waals surface area contributed by atoms with Crippen LogP contribution in [-0.2, 0) is 4.79 Å². The number of hydrogen-bond donors (Lipinski definition) is 3. The number of nitrogens with zero attached hydrogens (tertiary/aromatic N) is 1. The molecule has 0 aromatic heterocycles. The molecule has 1 atom stereocenters. The number of rotatable bonds is 4. The van der Waals surface area contributed by atoms with Gasteiger partial charge in [-0.2, -0.15) is 0 Å². The molecule has 2 rings (SSSR count). The van der Waals surface area contributed by atoms with Crippen LogP contribution in [0.15, 0.2) is 18.2 Å². The van der Waals surface area contributed by atoms with Gasteiger partial charge >= 0.3 is 0 Å². The van der Waals surface area contributed by atoms with Gasteiger partial charge in [0, 0.05) is 12.6 Å². The molecule has 1 unspecified atom stereocenters. The van der Waals surface area contributed by atoms with Crippen LogP contribution in [0.1, 0.15) is 28.8 Å².